The summed E-state index contributed by atoms with van der Waals surface area (Å²) in [5, 5.41) is 1.80. The van der Waals surface area contributed by atoms with Gasteiger partial charge in [0, 0.05) is 18.5 Å². The Hall–Kier alpha value is -2.50. The largest absolute Gasteiger partial charge is 0.460 e. The highest BCUT2D eigenvalue weighted by Gasteiger charge is 2.95. The van der Waals surface area contributed by atoms with E-state index in [9.17, 15) is 79.4 Å². The number of benzene rings is 1. The molecule has 1 aromatic rings. The van der Waals surface area contributed by atoms with E-state index < -0.39 is 72.9 Å². The van der Waals surface area contributed by atoms with E-state index in [-0.39, 0.29) is 5.56 Å². The Morgan fingerprint density at radius 2 is 0.946 bits per heavy atom. The quantitative estimate of drug-likeness (QED) is 0.217. The molecule has 0 saturated heterocycles. The van der Waals surface area contributed by atoms with Crippen molar-refractivity contribution in [1.82, 2.24) is 5.32 Å². The number of nitrogens with one attached hydrogen (secondary N) is 1. The minimum atomic E-state index is -8.65. The van der Waals surface area contributed by atoms with Gasteiger partial charge in [-0.15, -0.1) is 0 Å². The normalized spacial score (nSPS) is 15.1. The summed E-state index contributed by atoms with van der Waals surface area (Å²) in [6, 6.07) is 6.39. The van der Waals surface area contributed by atoms with Gasteiger partial charge in [0.05, 0.1) is 0 Å². The lowest BCUT2D eigenvalue weighted by Crippen LogP contribution is -2.74. The molecule has 0 aliphatic heterocycles. The van der Waals surface area contributed by atoms with Gasteiger partial charge in [-0.05, 0) is 18.6 Å². The van der Waals surface area contributed by atoms with Gasteiger partial charge in [-0.25, -0.2) is 0 Å². The second kappa shape index (κ2) is 9.67. The molecule has 0 atom stereocenters. The van der Waals surface area contributed by atoms with Gasteiger partial charge in [-0.3, -0.25) is 4.79 Å². The van der Waals surface area contributed by atoms with Crippen molar-refractivity contribution in [3.8, 4) is 0 Å². The summed E-state index contributed by atoms with van der Waals surface area (Å²) in [6.45, 7) is -1.03. The highest BCUT2D eigenvalue weighted by Crippen LogP contribution is 2.64. The molecule has 19 heteroatoms. The van der Waals surface area contributed by atoms with E-state index in [1.165, 1.54) is 30.3 Å². The lowest BCUT2D eigenvalue weighted by Gasteiger charge is -2.42. The first kappa shape index (κ1) is 32.5. The molecule has 0 radical (unpaired) electrons. The Morgan fingerprint density at radius 1 is 0.568 bits per heavy atom. The Morgan fingerprint density at radius 3 is 1.35 bits per heavy atom. The van der Waals surface area contributed by atoms with Crippen molar-refractivity contribution in [3.63, 3.8) is 0 Å². The number of rotatable bonds is 11. The average Bonchev–Trinajstić information content (AvgIpc) is 2.75. The molecular formula is C18H12F17NO. The molecule has 0 fully saturated rings. The van der Waals surface area contributed by atoms with E-state index in [0.29, 0.717) is 0 Å². The Labute approximate surface area is 194 Å². The third kappa shape index (κ3) is 5.13. The van der Waals surface area contributed by atoms with Crippen LogP contribution in [0.15, 0.2) is 30.3 Å². The van der Waals surface area contributed by atoms with Crippen molar-refractivity contribution >= 4 is 5.91 Å². The van der Waals surface area contributed by atoms with Crippen LogP contribution in [0.2, 0.25) is 0 Å². The van der Waals surface area contributed by atoms with Crippen molar-refractivity contribution < 1.29 is 79.4 Å². The van der Waals surface area contributed by atoms with Gasteiger partial charge in [-0.2, -0.15) is 74.6 Å². The van der Waals surface area contributed by atoms with Crippen LogP contribution in [0.5, 0.6) is 0 Å². The van der Waals surface area contributed by atoms with Crippen LogP contribution in [0.4, 0.5) is 74.6 Å². The Kier molecular flexibility index (Phi) is 8.50. The molecule has 1 rings (SSSR count). The molecule has 214 valence electrons. The maximum Gasteiger partial charge on any atom is 0.460 e. The van der Waals surface area contributed by atoms with E-state index >= 15 is 0 Å². The van der Waals surface area contributed by atoms with Crippen LogP contribution in [-0.2, 0) is 0 Å². The van der Waals surface area contributed by atoms with Gasteiger partial charge in [0.2, 0.25) is 0 Å². The summed E-state index contributed by atoms with van der Waals surface area (Å²) in [7, 11) is 0. The molecule has 0 heterocycles. The van der Waals surface area contributed by atoms with E-state index in [1.807, 2.05) is 0 Å². The van der Waals surface area contributed by atoms with Crippen LogP contribution in [0, 0.1) is 0 Å². The lowest BCUT2D eigenvalue weighted by molar-refractivity contribution is -0.461. The number of amides is 1. The first-order chi connectivity index (χ1) is 16.2. The summed E-state index contributed by atoms with van der Waals surface area (Å²) in [4.78, 5) is 11.7. The van der Waals surface area contributed by atoms with Crippen LogP contribution >= 0.6 is 0 Å². The zero-order valence-electron chi connectivity index (χ0n) is 17.3. The zero-order valence-corrected chi connectivity index (χ0v) is 17.3. The molecule has 1 aromatic carbocycles. The topological polar surface area (TPSA) is 29.1 Å². The van der Waals surface area contributed by atoms with Crippen molar-refractivity contribution in [2.45, 2.75) is 60.5 Å². The van der Waals surface area contributed by atoms with E-state index in [1.54, 1.807) is 5.32 Å². The molecular weight excluding hydrogens is 569 g/mol. The predicted octanol–water partition coefficient (Wildman–Crippen LogP) is 7.21. The maximum atomic E-state index is 13.7. The number of halogens is 17. The molecule has 0 aromatic heterocycles. The van der Waals surface area contributed by atoms with Crippen molar-refractivity contribution in [2.75, 3.05) is 6.54 Å². The fraction of sp³-hybridized carbons (Fsp3) is 0.611. The van der Waals surface area contributed by atoms with E-state index in [4.69, 9.17) is 0 Å². The van der Waals surface area contributed by atoms with Crippen LogP contribution in [0.3, 0.4) is 0 Å². The highest BCUT2D eigenvalue weighted by atomic mass is 19.4. The summed E-state index contributed by atoms with van der Waals surface area (Å²) < 4.78 is 224. The molecule has 0 spiro atoms. The molecule has 1 N–H and O–H groups in total. The summed E-state index contributed by atoms with van der Waals surface area (Å²) in [6.07, 6.45) is -11.8. The molecule has 1 amide bonds. The summed E-state index contributed by atoms with van der Waals surface area (Å²) >= 11 is 0. The predicted molar refractivity (Wildman–Crippen MR) is 88.7 cm³/mol. The van der Waals surface area contributed by atoms with Crippen molar-refractivity contribution in [1.29, 1.82) is 0 Å². The lowest BCUT2D eigenvalue weighted by atomic mass is 9.88. The SMILES string of the molecule is O=C(NCCCC(F)(F)C(F)(F)C(F)(F)C(F)(F)C(F)(F)C(F)(F)C(F)(F)C(F)(F)F)c1ccccc1. The number of carbonyl (C=O) groups excluding carboxylic acids is 1. The molecule has 0 saturated carbocycles. The molecule has 37 heavy (non-hydrogen) atoms. The molecule has 0 aliphatic rings. The minimum absolute atomic E-state index is 0.121. The zero-order chi connectivity index (χ0) is 29.5. The molecule has 0 unspecified atom stereocenters. The Bertz CT molecular complexity index is 939. The minimum Gasteiger partial charge on any atom is -0.352 e. The number of carbonyl (C=O) groups is 1. The molecule has 0 bridgehead atoms. The first-order valence-corrected chi connectivity index (χ1v) is 9.28. The molecule has 2 nitrogen and oxygen atoms in total. The monoisotopic (exact) mass is 581 g/mol. The van der Waals surface area contributed by atoms with Gasteiger partial charge in [0.25, 0.3) is 5.91 Å². The highest BCUT2D eigenvalue weighted by molar-refractivity contribution is 5.94. The number of hydrogen-bond donors (Lipinski definition) is 1. The fourth-order valence-corrected chi connectivity index (χ4v) is 2.56. The van der Waals surface area contributed by atoms with Gasteiger partial charge in [0.1, 0.15) is 0 Å². The standard InChI is InChI=1S/C18H12F17NO/c19-11(20,7-4-8-36-10(37)9-5-2-1-3-6-9)12(21,22)13(23,24)14(25,26)15(27,28)16(29,30)17(31,32)18(33,34)35/h1-3,5-6H,4,7-8H2,(H,36,37). The third-order valence-electron chi connectivity index (χ3n) is 4.78. The average molecular weight is 581 g/mol. The number of hydrogen-bond acceptors (Lipinski definition) is 1. The maximum absolute atomic E-state index is 13.7. The first-order valence-electron chi connectivity index (χ1n) is 9.28. The van der Waals surface area contributed by atoms with Gasteiger partial charge >= 0.3 is 47.6 Å². The fourth-order valence-electron chi connectivity index (χ4n) is 2.56. The van der Waals surface area contributed by atoms with Crippen molar-refractivity contribution in [2.24, 2.45) is 0 Å². The van der Waals surface area contributed by atoms with Gasteiger partial charge in [-0.1, -0.05) is 18.2 Å². The van der Waals surface area contributed by atoms with Crippen LogP contribution in [0.1, 0.15) is 23.2 Å². The third-order valence-corrected chi connectivity index (χ3v) is 4.78. The van der Waals surface area contributed by atoms with E-state index in [2.05, 4.69) is 0 Å². The number of alkyl halides is 17. The van der Waals surface area contributed by atoms with Crippen LogP contribution in [0.25, 0.3) is 0 Å². The van der Waals surface area contributed by atoms with Crippen LogP contribution < -0.4 is 5.32 Å². The van der Waals surface area contributed by atoms with Crippen LogP contribution in [-0.4, -0.2) is 60.1 Å². The summed E-state index contributed by atoms with van der Waals surface area (Å²) in [5.41, 5.74) is -0.121. The van der Waals surface area contributed by atoms with Crippen molar-refractivity contribution in [3.05, 3.63) is 35.9 Å². The second-order valence-corrected chi connectivity index (χ2v) is 7.37. The van der Waals surface area contributed by atoms with Gasteiger partial charge < -0.3 is 5.32 Å². The second-order valence-electron chi connectivity index (χ2n) is 7.37. The van der Waals surface area contributed by atoms with Gasteiger partial charge in [0.15, 0.2) is 0 Å². The smallest absolute Gasteiger partial charge is 0.352 e. The Balaban J connectivity index is 3.20. The molecule has 0 aliphatic carbocycles. The summed E-state index contributed by atoms with van der Waals surface area (Å²) in [5.74, 6) is -57.5. The van der Waals surface area contributed by atoms with E-state index in [0.717, 1.165) is 0 Å².